The van der Waals surface area contributed by atoms with Crippen molar-refractivity contribution in [3.8, 4) is 0 Å². The summed E-state index contributed by atoms with van der Waals surface area (Å²) in [6.07, 6.45) is 1.81. The molecule has 0 aromatic heterocycles. The van der Waals surface area contributed by atoms with Crippen LogP contribution in [0.3, 0.4) is 0 Å². The third kappa shape index (κ3) is 3.21. The number of nitrogens with one attached hydrogen (secondary N) is 1. The Hall–Kier alpha value is -3.21. The fraction of sp³-hybridized carbons (Fsp3) is 0.150. The number of fused-ring (bicyclic) bond motifs is 1. The lowest BCUT2D eigenvalue weighted by atomic mass is 10.0. The number of rotatable bonds is 6. The largest absolute Gasteiger partial charge is 0.351 e. The lowest BCUT2D eigenvalue weighted by Crippen LogP contribution is -2.50. The number of carbonyl (C=O) groups is 3. The van der Waals surface area contributed by atoms with E-state index >= 15 is 0 Å². The van der Waals surface area contributed by atoms with Gasteiger partial charge in [0, 0.05) is 13.0 Å². The highest BCUT2D eigenvalue weighted by molar-refractivity contribution is 6.22. The Kier molecular flexibility index (Phi) is 4.75. The van der Waals surface area contributed by atoms with Gasteiger partial charge in [0.15, 0.2) is 0 Å². The van der Waals surface area contributed by atoms with E-state index in [4.69, 9.17) is 0 Å². The van der Waals surface area contributed by atoms with Gasteiger partial charge in [0.1, 0.15) is 6.04 Å². The van der Waals surface area contributed by atoms with E-state index in [1.165, 1.54) is 0 Å². The SMILES string of the molecule is C=CCNC(=O)[C@@H](Cc1ccccc1)N1C(=O)c2ccccc2C1=O. The molecule has 0 saturated carbocycles. The lowest BCUT2D eigenvalue weighted by Gasteiger charge is -2.25. The number of hydrogen-bond acceptors (Lipinski definition) is 3. The van der Waals surface area contributed by atoms with Crippen molar-refractivity contribution in [1.29, 1.82) is 0 Å². The zero-order valence-electron chi connectivity index (χ0n) is 13.6. The van der Waals surface area contributed by atoms with Crippen molar-refractivity contribution in [3.05, 3.63) is 83.9 Å². The van der Waals surface area contributed by atoms with Crippen LogP contribution in [0.15, 0.2) is 67.3 Å². The smallest absolute Gasteiger partial charge is 0.262 e. The highest BCUT2D eigenvalue weighted by Crippen LogP contribution is 2.26. The molecular weight excluding hydrogens is 316 g/mol. The monoisotopic (exact) mass is 334 g/mol. The molecule has 0 radical (unpaired) electrons. The van der Waals surface area contributed by atoms with Gasteiger partial charge < -0.3 is 5.32 Å². The summed E-state index contributed by atoms with van der Waals surface area (Å²) in [7, 11) is 0. The minimum Gasteiger partial charge on any atom is -0.351 e. The summed E-state index contributed by atoms with van der Waals surface area (Å²) >= 11 is 0. The van der Waals surface area contributed by atoms with Gasteiger partial charge in [-0.15, -0.1) is 6.58 Å². The van der Waals surface area contributed by atoms with Gasteiger partial charge in [-0.3, -0.25) is 19.3 Å². The topological polar surface area (TPSA) is 66.5 Å². The summed E-state index contributed by atoms with van der Waals surface area (Å²) in [5.74, 6) is -1.25. The molecule has 0 spiro atoms. The Morgan fingerprint density at radius 1 is 1.00 bits per heavy atom. The molecule has 126 valence electrons. The maximum atomic E-state index is 12.7. The third-order valence-electron chi connectivity index (χ3n) is 4.13. The minimum absolute atomic E-state index is 0.259. The molecule has 0 fully saturated rings. The van der Waals surface area contributed by atoms with Crippen LogP contribution in [0, 0.1) is 0 Å². The Balaban J connectivity index is 1.94. The van der Waals surface area contributed by atoms with Gasteiger partial charge in [-0.1, -0.05) is 48.5 Å². The Morgan fingerprint density at radius 2 is 1.56 bits per heavy atom. The average Bonchev–Trinajstić information content (AvgIpc) is 2.90. The predicted molar refractivity (Wildman–Crippen MR) is 94.1 cm³/mol. The van der Waals surface area contributed by atoms with E-state index in [-0.39, 0.29) is 18.9 Å². The van der Waals surface area contributed by atoms with Crippen molar-refractivity contribution in [2.75, 3.05) is 6.54 Å². The molecule has 0 unspecified atom stereocenters. The van der Waals surface area contributed by atoms with Gasteiger partial charge in [-0.25, -0.2) is 0 Å². The predicted octanol–water partition coefficient (Wildman–Crippen LogP) is 2.20. The number of carbonyl (C=O) groups excluding carboxylic acids is 3. The number of nitrogens with zero attached hydrogens (tertiary/aromatic N) is 1. The molecule has 2 aromatic rings. The van der Waals surface area contributed by atoms with Crippen molar-refractivity contribution >= 4 is 17.7 Å². The zero-order valence-corrected chi connectivity index (χ0v) is 13.6. The first kappa shape index (κ1) is 16.6. The van der Waals surface area contributed by atoms with Gasteiger partial charge in [0.05, 0.1) is 11.1 Å². The van der Waals surface area contributed by atoms with Crippen molar-refractivity contribution in [2.45, 2.75) is 12.5 Å². The third-order valence-corrected chi connectivity index (χ3v) is 4.13. The van der Waals surface area contributed by atoms with Crippen LogP contribution >= 0.6 is 0 Å². The second-order valence-corrected chi connectivity index (χ2v) is 5.77. The fourth-order valence-electron chi connectivity index (χ4n) is 2.92. The van der Waals surface area contributed by atoms with Crippen LogP contribution in [0.1, 0.15) is 26.3 Å². The summed E-state index contributed by atoms with van der Waals surface area (Å²) in [5, 5.41) is 2.69. The summed E-state index contributed by atoms with van der Waals surface area (Å²) in [5.41, 5.74) is 1.54. The maximum Gasteiger partial charge on any atom is 0.262 e. The Morgan fingerprint density at radius 3 is 2.12 bits per heavy atom. The summed E-state index contributed by atoms with van der Waals surface area (Å²) in [6, 6.07) is 15.0. The molecule has 0 bridgehead atoms. The molecule has 1 aliphatic heterocycles. The lowest BCUT2D eigenvalue weighted by molar-refractivity contribution is -0.124. The quantitative estimate of drug-likeness (QED) is 0.650. The van der Waals surface area contributed by atoms with Gasteiger partial charge in [-0.2, -0.15) is 0 Å². The molecular formula is C20H18N2O3. The first-order chi connectivity index (χ1) is 12.1. The van der Waals surface area contributed by atoms with E-state index in [0.717, 1.165) is 10.5 Å². The van der Waals surface area contributed by atoms with E-state index in [1.807, 2.05) is 30.3 Å². The number of benzene rings is 2. The molecule has 1 heterocycles. The molecule has 2 aromatic carbocycles. The van der Waals surface area contributed by atoms with Crippen molar-refractivity contribution in [2.24, 2.45) is 0 Å². The van der Waals surface area contributed by atoms with E-state index in [0.29, 0.717) is 11.1 Å². The second-order valence-electron chi connectivity index (χ2n) is 5.77. The number of hydrogen-bond donors (Lipinski definition) is 1. The second kappa shape index (κ2) is 7.13. The molecule has 25 heavy (non-hydrogen) atoms. The van der Waals surface area contributed by atoms with Gasteiger partial charge >= 0.3 is 0 Å². The van der Waals surface area contributed by atoms with Crippen LogP contribution in [0.5, 0.6) is 0 Å². The molecule has 0 aliphatic carbocycles. The van der Waals surface area contributed by atoms with E-state index < -0.39 is 17.9 Å². The van der Waals surface area contributed by atoms with Gasteiger partial charge in [-0.05, 0) is 17.7 Å². The van der Waals surface area contributed by atoms with Crippen LogP contribution < -0.4 is 5.32 Å². The Bertz CT molecular complexity index is 795. The van der Waals surface area contributed by atoms with Crippen molar-refractivity contribution in [3.63, 3.8) is 0 Å². The average molecular weight is 334 g/mol. The van der Waals surface area contributed by atoms with E-state index in [9.17, 15) is 14.4 Å². The highest BCUT2D eigenvalue weighted by atomic mass is 16.2. The molecule has 3 amide bonds. The standard InChI is InChI=1S/C20H18N2O3/c1-2-12-21-18(23)17(13-14-8-4-3-5-9-14)22-19(24)15-10-6-7-11-16(15)20(22)25/h2-11,17H,1,12-13H2,(H,21,23)/t17-/m1/s1. The summed E-state index contributed by atoms with van der Waals surface area (Å²) in [4.78, 5) is 39.1. The van der Waals surface area contributed by atoms with Crippen LogP contribution in [-0.4, -0.2) is 35.2 Å². The van der Waals surface area contributed by atoms with Crippen LogP contribution in [0.2, 0.25) is 0 Å². The van der Waals surface area contributed by atoms with Crippen LogP contribution in [-0.2, 0) is 11.2 Å². The molecule has 1 N–H and O–H groups in total. The van der Waals surface area contributed by atoms with Crippen LogP contribution in [0.4, 0.5) is 0 Å². The summed E-state index contributed by atoms with van der Waals surface area (Å²) < 4.78 is 0. The van der Waals surface area contributed by atoms with Crippen LogP contribution in [0.25, 0.3) is 0 Å². The number of amides is 3. The highest BCUT2D eigenvalue weighted by Gasteiger charge is 2.42. The van der Waals surface area contributed by atoms with Gasteiger partial charge in [0.2, 0.25) is 5.91 Å². The molecule has 5 heteroatoms. The molecule has 1 aliphatic rings. The molecule has 0 saturated heterocycles. The molecule has 3 rings (SSSR count). The van der Waals surface area contributed by atoms with E-state index in [1.54, 1.807) is 30.3 Å². The zero-order chi connectivity index (χ0) is 17.8. The number of imide groups is 1. The first-order valence-corrected chi connectivity index (χ1v) is 8.03. The van der Waals surface area contributed by atoms with Crippen molar-refractivity contribution < 1.29 is 14.4 Å². The van der Waals surface area contributed by atoms with Gasteiger partial charge in [0.25, 0.3) is 11.8 Å². The fourth-order valence-corrected chi connectivity index (χ4v) is 2.92. The normalized spacial score (nSPS) is 14.2. The maximum absolute atomic E-state index is 12.7. The summed E-state index contributed by atoms with van der Waals surface area (Å²) in [6.45, 7) is 3.84. The van der Waals surface area contributed by atoms with Crippen molar-refractivity contribution in [1.82, 2.24) is 10.2 Å². The first-order valence-electron chi connectivity index (χ1n) is 8.03. The molecule has 1 atom stereocenters. The minimum atomic E-state index is -0.908. The Labute approximate surface area is 146 Å². The molecule has 5 nitrogen and oxygen atoms in total. The van der Waals surface area contributed by atoms with E-state index in [2.05, 4.69) is 11.9 Å².